The van der Waals surface area contributed by atoms with E-state index < -0.39 is 24.0 Å². The minimum Gasteiger partial charge on any atom is -0.478 e. The van der Waals surface area contributed by atoms with Crippen LogP contribution in [0, 0.1) is 0 Å². The average Bonchev–Trinajstić information content (AvgIpc) is 2.84. The van der Waals surface area contributed by atoms with Gasteiger partial charge in [-0.15, -0.1) is 0 Å². The number of hydrogen-bond acceptors (Lipinski definition) is 5. The van der Waals surface area contributed by atoms with Crippen LogP contribution in [0.5, 0.6) is 5.75 Å². The molecular formula is C17H12O6. The number of para-hydroxylation sites is 1. The lowest BCUT2D eigenvalue weighted by Gasteiger charge is -2.16. The first-order chi connectivity index (χ1) is 11.0. The first-order valence-corrected chi connectivity index (χ1v) is 6.83. The van der Waals surface area contributed by atoms with Gasteiger partial charge in [-0.2, -0.15) is 0 Å². The van der Waals surface area contributed by atoms with Crippen LogP contribution in [0.2, 0.25) is 0 Å². The smallest absolute Gasteiger partial charge is 0.339 e. The highest BCUT2D eigenvalue weighted by molar-refractivity contribution is 5.96. The summed E-state index contributed by atoms with van der Waals surface area (Å²) in [6, 6.07) is 11.2. The molecule has 0 spiro atoms. The molecule has 0 amide bonds. The largest absolute Gasteiger partial charge is 0.478 e. The number of cyclic esters (lactones) is 1. The molecule has 0 radical (unpaired) electrons. The van der Waals surface area contributed by atoms with Crippen molar-refractivity contribution in [3.63, 3.8) is 0 Å². The molecule has 1 aliphatic heterocycles. The van der Waals surface area contributed by atoms with Gasteiger partial charge in [0.2, 0.25) is 0 Å². The van der Waals surface area contributed by atoms with E-state index in [1.807, 2.05) is 0 Å². The molecule has 1 heterocycles. The van der Waals surface area contributed by atoms with Gasteiger partial charge in [0.25, 0.3) is 0 Å². The van der Waals surface area contributed by atoms with Crippen LogP contribution in [0.25, 0.3) is 0 Å². The quantitative estimate of drug-likeness (QED) is 0.692. The Kier molecular flexibility index (Phi) is 3.57. The zero-order valence-corrected chi connectivity index (χ0v) is 12.1. The zero-order valence-electron chi connectivity index (χ0n) is 12.1. The molecule has 3 rings (SSSR count). The Morgan fingerprint density at radius 2 is 1.78 bits per heavy atom. The highest BCUT2D eigenvalue weighted by atomic mass is 16.6. The number of carbonyl (C=O) groups excluding carboxylic acids is 2. The van der Waals surface area contributed by atoms with Gasteiger partial charge in [-0.25, -0.2) is 9.59 Å². The van der Waals surface area contributed by atoms with Gasteiger partial charge in [-0.3, -0.25) is 4.79 Å². The van der Waals surface area contributed by atoms with Crippen LogP contribution < -0.4 is 4.74 Å². The van der Waals surface area contributed by atoms with Gasteiger partial charge in [0.1, 0.15) is 5.56 Å². The normalized spacial score (nSPS) is 15.7. The molecule has 23 heavy (non-hydrogen) atoms. The van der Waals surface area contributed by atoms with Gasteiger partial charge in [0.05, 0.1) is 5.56 Å². The maximum atomic E-state index is 12.0. The van der Waals surface area contributed by atoms with E-state index in [0.29, 0.717) is 16.7 Å². The van der Waals surface area contributed by atoms with Crippen molar-refractivity contribution in [2.24, 2.45) is 0 Å². The third-order valence-electron chi connectivity index (χ3n) is 3.49. The summed E-state index contributed by atoms with van der Waals surface area (Å²) in [6.07, 6.45) is -0.813. The number of benzene rings is 2. The molecule has 6 heteroatoms. The lowest BCUT2D eigenvalue weighted by Crippen LogP contribution is -2.12. The molecular weight excluding hydrogens is 300 g/mol. The van der Waals surface area contributed by atoms with Gasteiger partial charge >= 0.3 is 17.9 Å². The molecule has 1 aliphatic rings. The first-order valence-electron chi connectivity index (χ1n) is 6.83. The Morgan fingerprint density at radius 1 is 1.09 bits per heavy atom. The molecule has 1 atom stereocenters. The topological polar surface area (TPSA) is 89.9 Å². The second kappa shape index (κ2) is 5.57. The second-order valence-corrected chi connectivity index (χ2v) is 5.00. The molecule has 0 saturated heterocycles. The number of aromatic carboxylic acids is 1. The summed E-state index contributed by atoms with van der Waals surface area (Å²) in [5.41, 5.74) is 1.16. The van der Waals surface area contributed by atoms with E-state index in [1.165, 1.54) is 19.1 Å². The van der Waals surface area contributed by atoms with Gasteiger partial charge in [0, 0.05) is 18.1 Å². The Balaban J connectivity index is 2.17. The van der Waals surface area contributed by atoms with Crippen LogP contribution in [-0.4, -0.2) is 23.0 Å². The molecule has 1 N–H and O–H groups in total. The average molecular weight is 312 g/mol. The number of carbonyl (C=O) groups is 3. The molecule has 116 valence electrons. The monoisotopic (exact) mass is 312 g/mol. The summed E-state index contributed by atoms with van der Waals surface area (Å²) in [5.74, 6) is -2.50. The third kappa shape index (κ3) is 2.55. The molecule has 1 unspecified atom stereocenters. The van der Waals surface area contributed by atoms with Crippen molar-refractivity contribution in [1.29, 1.82) is 0 Å². The van der Waals surface area contributed by atoms with Crippen molar-refractivity contribution < 1.29 is 29.0 Å². The number of rotatable bonds is 3. The molecule has 0 fully saturated rings. The minimum absolute atomic E-state index is 0.109. The van der Waals surface area contributed by atoms with Gasteiger partial charge in [0.15, 0.2) is 11.9 Å². The molecule has 0 aliphatic carbocycles. The fraction of sp³-hybridized carbons (Fsp3) is 0.118. The Morgan fingerprint density at radius 3 is 2.48 bits per heavy atom. The third-order valence-corrected chi connectivity index (χ3v) is 3.49. The number of carboxylic acid groups (broad SMARTS) is 1. The van der Waals surface area contributed by atoms with Crippen molar-refractivity contribution in [2.45, 2.75) is 13.0 Å². The van der Waals surface area contributed by atoms with Crippen LogP contribution in [0.4, 0.5) is 0 Å². The number of fused-ring (bicyclic) bond motifs is 1. The molecule has 0 bridgehead atoms. The lowest BCUT2D eigenvalue weighted by atomic mass is 9.97. The molecule has 0 aromatic heterocycles. The summed E-state index contributed by atoms with van der Waals surface area (Å²) >= 11 is 0. The SMILES string of the molecule is CC(=O)Oc1c(C(=O)O)cccc1C1OC(=O)c2ccccc21. The summed E-state index contributed by atoms with van der Waals surface area (Å²) in [4.78, 5) is 34.7. The number of esters is 2. The van der Waals surface area contributed by atoms with Gasteiger partial charge in [-0.05, 0) is 12.1 Å². The van der Waals surface area contributed by atoms with Crippen LogP contribution in [0.15, 0.2) is 42.5 Å². The predicted octanol–water partition coefficient (Wildman–Crippen LogP) is 2.57. The fourth-order valence-corrected chi connectivity index (χ4v) is 2.56. The standard InChI is InChI=1S/C17H12O6/c1-9(18)22-15-12(7-4-8-13(15)16(19)20)14-10-5-2-3-6-11(10)17(21)23-14/h2-8,14H,1H3,(H,19,20). The fourth-order valence-electron chi connectivity index (χ4n) is 2.56. The zero-order chi connectivity index (χ0) is 16.6. The molecule has 2 aromatic rings. The Bertz CT molecular complexity index is 824. The van der Waals surface area contributed by atoms with Crippen molar-refractivity contribution in [3.05, 3.63) is 64.7 Å². The van der Waals surface area contributed by atoms with E-state index in [4.69, 9.17) is 9.47 Å². The number of ether oxygens (including phenoxy) is 2. The van der Waals surface area contributed by atoms with E-state index in [1.54, 1.807) is 30.3 Å². The lowest BCUT2D eigenvalue weighted by molar-refractivity contribution is -0.132. The Labute approximate surface area is 131 Å². The van der Waals surface area contributed by atoms with E-state index >= 15 is 0 Å². The van der Waals surface area contributed by atoms with E-state index in [2.05, 4.69) is 0 Å². The van der Waals surface area contributed by atoms with Crippen LogP contribution in [-0.2, 0) is 9.53 Å². The Hall–Kier alpha value is -3.15. The first kappa shape index (κ1) is 14.8. The van der Waals surface area contributed by atoms with Crippen LogP contribution in [0.3, 0.4) is 0 Å². The van der Waals surface area contributed by atoms with Crippen molar-refractivity contribution in [2.75, 3.05) is 0 Å². The van der Waals surface area contributed by atoms with Crippen molar-refractivity contribution in [3.8, 4) is 5.75 Å². The predicted molar refractivity (Wildman–Crippen MR) is 78.4 cm³/mol. The maximum absolute atomic E-state index is 12.0. The van der Waals surface area contributed by atoms with Gasteiger partial charge < -0.3 is 14.6 Å². The molecule has 2 aromatic carbocycles. The van der Waals surface area contributed by atoms with Crippen LogP contribution in [0.1, 0.15) is 44.9 Å². The second-order valence-electron chi connectivity index (χ2n) is 5.00. The van der Waals surface area contributed by atoms with Gasteiger partial charge in [-0.1, -0.05) is 30.3 Å². The number of hydrogen-bond donors (Lipinski definition) is 1. The summed E-state index contributed by atoms with van der Waals surface area (Å²) in [5, 5.41) is 9.29. The summed E-state index contributed by atoms with van der Waals surface area (Å²) in [6.45, 7) is 1.18. The summed E-state index contributed by atoms with van der Waals surface area (Å²) < 4.78 is 10.4. The van der Waals surface area contributed by atoms with E-state index in [9.17, 15) is 19.5 Å². The van der Waals surface area contributed by atoms with E-state index in [-0.39, 0.29) is 11.3 Å². The highest BCUT2D eigenvalue weighted by Crippen LogP contribution is 2.41. The number of carboxylic acids is 1. The molecule has 0 saturated carbocycles. The van der Waals surface area contributed by atoms with E-state index in [0.717, 1.165) is 0 Å². The maximum Gasteiger partial charge on any atom is 0.339 e. The van der Waals surface area contributed by atoms with Crippen molar-refractivity contribution >= 4 is 17.9 Å². The summed E-state index contributed by atoms with van der Waals surface area (Å²) in [7, 11) is 0. The van der Waals surface area contributed by atoms with Crippen molar-refractivity contribution in [1.82, 2.24) is 0 Å². The van der Waals surface area contributed by atoms with Crippen LogP contribution >= 0.6 is 0 Å². The highest BCUT2D eigenvalue weighted by Gasteiger charge is 2.35. The minimum atomic E-state index is -1.24. The molecule has 6 nitrogen and oxygen atoms in total.